The number of para-hydroxylation sites is 2. The Kier molecular flexibility index (Phi) is 6.17. The number of amides is 2. The number of ether oxygens (including phenoxy) is 1. The molecule has 0 aromatic heterocycles. The first-order chi connectivity index (χ1) is 11.9. The summed E-state index contributed by atoms with van der Waals surface area (Å²) < 4.78 is 5.65. The van der Waals surface area contributed by atoms with E-state index in [1.165, 1.54) is 0 Å². The first kappa shape index (κ1) is 18.5. The molecule has 2 aromatic carbocycles. The molecule has 5 heteroatoms. The van der Waals surface area contributed by atoms with E-state index >= 15 is 0 Å². The van der Waals surface area contributed by atoms with Crippen molar-refractivity contribution in [2.45, 2.75) is 33.7 Å². The third-order valence-corrected chi connectivity index (χ3v) is 3.62. The van der Waals surface area contributed by atoms with Crippen LogP contribution >= 0.6 is 0 Å². The van der Waals surface area contributed by atoms with Gasteiger partial charge in [0, 0.05) is 6.04 Å². The van der Waals surface area contributed by atoms with E-state index in [9.17, 15) is 9.59 Å². The predicted octanol–water partition coefficient (Wildman–Crippen LogP) is 3.46. The third kappa shape index (κ3) is 5.08. The molecule has 0 spiro atoms. The van der Waals surface area contributed by atoms with Crippen molar-refractivity contribution in [1.82, 2.24) is 5.32 Å². The minimum atomic E-state index is -0.313. The molecular weight excluding hydrogens is 316 g/mol. The number of carbonyl (C=O) groups is 2. The number of anilines is 1. The maximum Gasteiger partial charge on any atom is 0.262 e. The van der Waals surface area contributed by atoms with Gasteiger partial charge in [-0.25, -0.2) is 0 Å². The molecule has 0 atom stereocenters. The molecule has 0 unspecified atom stereocenters. The zero-order chi connectivity index (χ0) is 18.4. The Bertz CT molecular complexity index is 749. The fourth-order valence-electron chi connectivity index (χ4n) is 2.48. The first-order valence-electron chi connectivity index (χ1n) is 8.27. The summed E-state index contributed by atoms with van der Waals surface area (Å²) in [4.78, 5) is 24.5. The summed E-state index contributed by atoms with van der Waals surface area (Å²) in [6.07, 6.45) is 0. The molecule has 0 radical (unpaired) electrons. The number of benzene rings is 2. The Labute approximate surface area is 148 Å². The second-order valence-corrected chi connectivity index (χ2v) is 6.23. The minimum absolute atomic E-state index is 0.0172. The van der Waals surface area contributed by atoms with Crippen molar-refractivity contribution in [2.24, 2.45) is 0 Å². The van der Waals surface area contributed by atoms with Crippen molar-refractivity contribution >= 4 is 17.5 Å². The van der Waals surface area contributed by atoms with Crippen LogP contribution in [0.25, 0.3) is 0 Å². The van der Waals surface area contributed by atoms with Crippen molar-refractivity contribution in [3.8, 4) is 5.75 Å². The van der Waals surface area contributed by atoms with Crippen LogP contribution in [0.2, 0.25) is 0 Å². The summed E-state index contributed by atoms with van der Waals surface area (Å²) in [5, 5.41) is 5.57. The van der Waals surface area contributed by atoms with E-state index in [0.29, 0.717) is 17.0 Å². The predicted molar refractivity (Wildman–Crippen MR) is 99.1 cm³/mol. The lowest BCUT2D eigenvalue weighted by Crippen LogP contribution is -2.31. The Morgan fingerprint density at radius 1 is 1.00 bits per heavy atom. The molecule has 2 N–H and O–H groups in total. The van der Waals surface area contributed by atoms with Gasteiger partial charge in [-0.15, -0.1) is 0 Å². The van der Waals surface area contributed by atoms with E-state index in [2.05, 4.69) is 10.6 Å². The van der Waals surface area contributed by atoms with Gasteiger partial charge in [0.1, 0.15) is 5.75 Å². The van der Waals surface area contributed by atoms with Crippen LogP contribution in [0.3, 0.4) is 0 Å². The second-order valence-electron chi connectivity index (χ2n) is 6.23. The van der Waals surface area contributed by atoms with E-state index in [1.807, 2.05) is 45.9 Å². The van der Waals surface area contributed by atoms with E-state index in [4.69, 9.17) is 4.74 Å². The molecule has 25 heavy (non-hydrogen) atoms. The van der Waals surface area contributed by atoms with Crippen LogP contribution < -0.4 is 15.4 Å². The zero-order valence-corrected chi connectivity index (χ0v) is 15.1. The van der Waals surface area contributed by atoms with Gasteiger partial charge < -0.3 is 15.4 Å². The third-order valence-electron chi connectivity index (χ3n) is 3.62. The maximum atomic E-state index is 12.2. The summed E-state index contributed by atoms with van der Waals surface area (Å²) in [7, 11) is 0. The summed E-state index contributed by atoms with van der Waals surface area (Å²) in [5.41, 5.74) is 2.85. The number of nitrogens with one attached hydrogen (secondary N) is 2. The highest BCUT2D eigenvalue weighted by Crippen LogP contribution is 2.22. The van der Waals surface area contributed by atoms with E-state index < -0.39 is 0 Å². The molecule has 0 saturated heterocycles. The molecule has 0 bridgehead atoms. The Morgan fingerprint density at radius 2 is 1.64 bits per heavy atom. The highest BCUT2D eigenvalue weighted by atomic mass is 16.5. The lowest BCUT2D eigenvalue weighted by molar-refractivity contribution is -0.118. The summed E-state index contributed by atoms with van der Waals surface area (Å²) in [6, 6.07) is 12.8. The minimum Gasteiger partial charge on any atom is -0.483 e. The van der Waals surface area contributed by atoms with Gasteiger partial charge in [0.25, 0.3) is 11.8 Å². The van der Waals surface area contributed by atoms with Crippen molar-refractivity contribution in [3.63, 3.8) is 0 Å². The molecule has 0 aliphatic heterocycles. The highest BCUT2D eigenvalue weighted by molar-refractivity contribution is 6.04. The summed E-state index contributed by atoms with van der Waals surface area (Å²) in [6.45, 7) is 7.53. The lowest BCUT2D eigenvalue weighted by Gasteiger charge is -2.14. The molecular formula is C20H24N2O3. The Balaban J connectivity index is 2.05. The van der Waals surface area contributed by atoms with Gasteiger partial charge in [-0.05, 0) is 51.0 Å². The number of carbonyl (C=O) groups excluding carboxylic acids is 2. The standard InChI is InChI=1S/C20H24N2O3/c1-13(2)21-20(24)16-10-5-6-11-17(16)22-18(23)12-25-19-14(3)8-7-9-15(19)4/h5-11,13H,12H2,1-4H3,(H,21,24)(H,22,23). The van der Waals surface area contributed by atoms with Crippen LogP contribution in [0.1, 0.15) is 35.3 Å². The van der Waals surface area contributed by atoms with Crippen molar-refractivity contribution < 1.29 is 14.3 Å². The molecule has 0 aliphatic carbocycles. The van der Waals surface area contributed by atoms with E-state index in [0.717, 1.165) is 11.1 Å². The maximum absolute atomic E-state index is 12.2. The lowest BCUT2D eigenvalue weighted by atomic mass is 10.1. The van der Waals surface area contributed by atoms with Gasteiger partial charge >= 0.3 is 0 Å². The van der Waals surface area contributed by atoms with E-state index in [-0.39, 0.29) is 24.5 Å². The second kappa shape index (κ2) is 8.33. The Hall–Kier alpha value is -2.82. The molecule has 2 amide bonds. The van der Waals surface area contributed by atoms with Crippen molar-refractivity contribution in [2.75, 3.05) is 11.9 Å². The zero-order valence-electron chi connectivity index (χ0n) is 15.1. The van der Waals surface area contributed by atoms with Gasteiger partial charge in [-0.3, -0.25) is 9.59 Å². The molecule has 2 aromatic rings. The van der Waals surface area contributed by atoms with Crippen LogP contribution in [0.5, 0.6) is 5.75 Å². The van der Waals surface area contributed by atoms with E-state index in [1.54, 1.807) is 24.3 Å². The smallest absolute Gasteiger partial charge is 0.262 e. The normalized spacial score (nSPS) is 10.4. The van der Waals surface area contributed by atoms with Crippen molar-refractivity contribution in [1.29, 1.82) is 0 Å². The van der Waals surface area contributed by atoms with Crippen molar-refractivity contribution in [3.05, 3.63) is 59.2 Å². The SMILES string of the molecule is Cc1cccc(C)c1OCC(=O)Nc1ccccc1C(=O)NC(C)C. The van der Waals surface area contributed by atoms with Crippen LogP contribution in [0, 0.1) is 13.8 Å². The van der Waals surface area contributed by atoms with Gasteiger partial charge in [0.05, 0.1) is 11.3 Å². The monoisotopic (exact) mass is 340 g/mol. The fourth-order valence-corrected chi connectivity index (χ4v) is 2.48. The van der Waals surface area contributed by atoms with Crippen LogP contribution in [0.15, 0.2) is 42.5 Å². The average molecular weight is 340 g/mol. The molecule has 0 aliphatic rings. The summed E-state index contributed by atoms with van der Waals surface area (Å²) >= 11 is 0. The van der Waals surface area contributed by atoms with Gasteiger partial charge in [0.15, 0.2) is 6.61 Å². The number of hydrogen-bond acceptors (Lipinski definition) is 3. The molecule has 0 saturated carbocycles. The molecule has 2 rings (SSSR count). The average Bonchev–Trinajstić information content (AvgIpc) is 2.54. The van der Waals surface area contributed by atoms with Crippen LogP contribution in [0.4, 0.5) is 5.69 Å². The van der Waals surface area contributed by atoms with Crippen LogP contribution in [-0.4, -0.2) is 24.5 Å². The number of hydrogen-bond donors (Lipinski definition) is 2. The van der Waals surface area contributed by atoms with Crippen LogP contribution in [-0.2, 0) is 4.79 Å². The summed E-state index contributed by atoms with van der Waals surface area (Å²) in [5.74, 6) is 0.178. The number of rotatable bonds is 6. The highest BCUT2D eigenvalue weighted by Gasteiger charge is 2.14. The fraction of sp³-hybridized carbons (Fsp3) is 0.300. The van der Waals surface area contributed by atoms with Gasteiger partial charge in [-0.2, -0.15) is 0 Å². The number of aryl methyl sites for hydroxylation is 2. The molecule has 5 nitrogen and oxygen atoms in total. The first-order valence-corrected chi connectivity index (χ1v) is 8.27. The quantitative estimate of drug-likeness (QED) is 0.846. The molecule has 0 fully saturated rings. The molecule has 132 valence electrons. The van der Waals surface area contributed by atoms with Gasteiger partial charge in [0.2, 0.25) is 0 Å². The largest absolute Gasteiger partial charge is 0.483 e. The molecule has 0 heterocycles. The Morgan fingerprint density at radius 3 is 2.28 bits per heavy atom. The van der Waals surface area contributed by atoms with Gasteiger partial charge in [-0.1, -0.05) is 30.3 Å². The topological polar surface area (TPSA) is 67.4 Å².